The van der Waals surface area contributed by atoms with Gasteiger partial charge in [-0.3, -0.25) is 0 Å². The Labute approximate surface area is 147 Å². The van der Waals surface area contributed by atoms with E-state index >= 15 is 0 Å². The van der Waals surface area contributed by atoms with E-state index in [4.69, 9.17) is 4.65 Å². The molecule has 1 aliphatic heterocycles. The minimum absolute atomic E-state index is 0.348. The van der Waals surface area contributed by atoms with Crippen LogP contribution in [0.5, 0.6) is 0 Å². The Morgan fingerprint density at radius 3 is 2.12 bits per heavy atom. The zero-order valence-corrected chi connectivity index (χ0v) is 15.6. The fraction of sp³-hybridized carbons (Fsp3) is 0.667. The van der Waals surface area contributed by atoms with E-state index in [0.29, 0.717) is 5.92 Å². The Bertz CT molecular complexity index is 518. The van der Waals surface area contributed by atoms with Crippen molar-refractivity contribution in [2.45, 2.75) is 64.5 Å². The number of rotatable bonds is 6. The van der Waals surface area contributed by atoms with Gasteiger partial charge in [0, 0.05) is 0 Å². The molecule has 0 aliphatic carbocycles. The van der Waals surface area contributed by atoms with E-state index in [1.165, 1.54) is 5.56 Å². The van der Waals surface area contributed by atoms with Gasteiger partial charge in [-0.25, -0.2) is 0 Å². The molecule has 2 rings (SSSR count). The molecule has 1 heterocycles. The fourth-order valence-electron chi connectivity index (χ4n) is 2.81. The Kier molecular flexibility index (Phi) is 6.19. The van der Waals surface area contributed by atoms with E-state index in [2.05, 4.69) is 29.1 Å². The first-order chi connectivity index (χ1) is 11.1. The van der Waals surface area contributed by atoms with Crippen molar-refractivity contribution in [2.75, 3.05) is 13.1 Å². The van der Waals surface area contributed by atoms with Crippen LogP contribution in [0.15, 0.2) is 24.3 Å². The Hall–Kier alpha value is -0.810. The lowest BCUT2D eigenvalue weighted by Crippen LogP contribution is -2.49. The lowest BCUT2D eigenvalue weighted by molar-refractivity contribution is -0.0893. The van der Waals surface area contributed by atoms with Gasteiger partial charge in [0.25, 0.3) is 0 Å². The molecule has 1 fully saturated rings. The summed E-state index contributed by atoms with van der Waals surface area (Å²) in [7, 11) is 1.37. The first-order valence-electron chi connectivity index (χ1n) is 8.85. The lowest BCUT2D eigenvalue weighted by atomic mass is 9.78. The topological polar surface area (TPSA) is 52.9 Å². The second-order valence-corrected chi connectivity index (χ2v) is 7.91. The van der Waals surface area contributed by atoms with E-state index in [9.17, 15) is 10.1 Å². The number of hydrogen-bond donors (Lipinski definition) is 2. The summed E-state index contributed by atoms with van der Waals surface area (Å²) in [6, 6.07) is 8.46. The van der Waals surface area contributed by atoms with Crippen LogP contribution in [-0.2, 0) is 4.65 Å². The van der Waals surface area contributed by atoms with E-state index in [1.807, 2.05) is 20.7 Å². The summed E-state index contributed by atoms with van der Waals surface area (Å²) >= 11 is 0. The standard InChI is InChI=1S/C18H30B2NO3/c1-17(2,22)18(3,4)24-19-16-8-6-14(7-9-16)15-10-12-21(13-11-15)20(5)23/h6-9,15,22-23H,10-13H2,1-5H3. The first kappa shape index (κ1) is 19.5. The average molecular weight is 330 g/mol. The molecule has 0 bridgehead atoms. The van der Waals surface area contributed by atoms with Gasteiger partial charge in [-0.15, -0.1) is 0 Å². The number of nitrogens with zero attached hydrogens (tertiary/aromatic N) is 1. The molecule has 0 saturated carbocycles. The van der Waals surface area contributed by atoms with Gasteiger partial charge < -0.3 is 19.6 Å². The van der Waals surface area contributed by atoms with Crippen molar-refractivity contribution in [3.05, 3.63) is 29.8 Å². The van der Waals surface area contributed by atoms with Crippen LogP contribution in [0.2, 0.25) is 6.82 Å². The van der Waals surface area contributed by atoms with E-state index < -0.39 is 11.2 Å². The predicted octanol–water partition coefficient (Wildman–Crippen LogP) is 1.79. The van der Waals surface area contributed by atoms with Crippen molar-refractivity contribution >= 4 is 20.0 Å². The van der Waals surface area contributed by atoms with Crippen LogP contribution in [0.1, 0.15) is 52.0 Å². The van der Waals surface area contributed by atoms with Gasteiger partial charge in [0.1, 0.15) is 0 Å². The second kappa shape index (κ2) is 7.61. The molecule has 2 N–H and O–H groups in total. The van der Waals surface area contributed by atoms with Gasteiger partial charge >= 0.3 is 14.5 Å². The molecular weight excluding hydrogens is 300 g/mol. The Balaban J connectivity index is 1.90. The van der Waals surface area contributed by atoms with Crippen LogP contribution in [0.25, 0.3) is 0 Å². The normalized spacial score (nSPS) is 17.8. The lowest BCUT2D eigenvalue weighted by Gasteiger charge is -2.37. The van der Waals surface area contributed by atoms with E-state index in [1.54, 1.807) is 21.3 Å². The van der Waals surface area contributed by atoms with Crippen molar-refractivity contribution in [3.63, 3.8) is 0 Å². The van der Waals surface area contributed by atoms with Crippen molar-refractivity contribution in [2.24, 2.45) is 0 Å². The maximum absolute atomic E-state index is 10.1. The molecule has 1 aliphatic rings. The summed E-state index contributed by atoms with van der Waals surface area (Å²) in [4.78, 5) is 2.12. The van der Waals surface area contributed by atoms with Gasteiger partial charge in [-0.1, -0.05) is 29.7 Å². The molecule has 24 heavy (non-hydrogen) atoms. The summed E-state index contributed by atoms with van der Waals surface area (Å²) in [5, 5.41) is 19.8. The molecule has 1 radical (unpaired) electrons. The van der Waals surface area contributed by atoms with Crippen LogP contribution in [-0.4, -0.2) is 53.8 Å². The second-order valence-electron chi connectivity index (χ2n) is 7.91. The summed E-state index contributed by atoms with van der Waals surface area (Å²) in [5.41, 5.74) is 0.775. The van der Waals surface area contributed by atoms with Crippen LogP contribution < -0.4 is 5.46 Å². The third-order valence-electron chi connectivity index (χ3n) is 5.43. The zero-order valence-electron chi connectivity index (χ0n) is 15.6. The molecule has 0 spiro atoms. The van der Waals surface area contributed by atoms with Gasteiger partial charge in [0.15, 0.2) is 0 Å². The molecule has 4 nitrogen and oxygen atoms in total. The third-order valence-corrected chi connectivity index (χ3v) is 5.43. The molecule has 0 aromatic heterocycles. The molecule has 6 heteroatoms. The molecule has 131 valence electrons. The number of piperidine rings is 1. The molecular formula is C18H30B2NO3. The van der Waals surface area contributed by atoms with Gasteiger partial charge in [0.05, 0.1) is 11.2 Å². The summed E-state index contributed by atoms with van der Waals surface area (Å²) in [6.45, 7) is 11.0. The maximum atomic E-state index is 10.1. The van der Waals surface area contributed by atoms with Crippen molar-refractivity contribution < 1.29 is 14.8 Å². The van der Waals surface area contributed by atoms with Crippen molar-refractivity contribution in [1.82, 2.24) is 4.81 Å². The highest BCUT2D eigenvalue weighted by molar-refractivity contribution is 6.47. The Morgan fingerprint density at radius 2 is 1.67 bits per heavy atom. The number of benzene rings is 1. The van der Waals surface area contributed by atoms with E-state index in [0.717, 1.165) is 31.4 Å². The Morgan fingerprint density at radius 1 is 1.12 bits per heavy atom. The minimum atomic E-state index is -0.915. The summed E-state index contributed by atoms with van der Waals surface area (Å²) < 4.78 is 5.80. The zero-order chi connectivity index (χ0) is 18.0. The maximum Gasteiger partial charge on any atom is 0.376 e. The van der Waals surface area contributed by atoms with Crippen molar-refractivity contribution in [3.8, 4) is 0 Å². The van der Waals surface area contributed by atoms with Gasteiger partial charge in [0.2, 0.25) is 0 Å². The van der Waals surface area contributed by atoms with Crippen molar-refractivity contribution in [1.29, 1.82) is 0 Å². The summed E-state index contributed by atoms with van der Waals surface area (Å²) in [6.07, 6.45) is 2.16. The van der Waals surface area contributed by atoms with Crippen LogP contribution in [0.4, 0.5) is 0 Å². The molecule has 1 saturated heterocycles. The van der Waals surface area contributed by atoms with Crippen LogP contribution in [0, 0.1) is 0 Å². The predicted molar refractivity (Wildman–Crippen MR) is 101 cm³/mol. The molecule has 0 amide bonds. The molecule has 1 aromatic rings. The summed E-state index contributed by atoms with van der Waals surface area (Å²) in [5.74, 6) is 0.558. The van der Waals surface area contributed by atoms with Crippen LogP contribution in [0.3, 0.4) is 0 Å². The van der Waals surface area contributed by atoms with Gasteiger partial charge in [-0.05, 0) is 71.9 Å². The largest absolute Gasteiger partial charge is 0.437 e. The fourth-order valence-corrected chi connectivity index (χ4v) is 2.81. The smallest absolute Gasteiger partial charge is 0.376 e. The SMILES string of the molecule is CB(O)N1CCC(c2ccc([B]OC(C)(C)C(C)(C)O)cc2)CC1. The minimum Gasteiger partial charge on any atom is -0.437 e. The van der Waals surface area contributed by atoms with Gasteiger partial charge in [-0.2, -0.15) is 0 Å². The molecule has 0 unspecified atom stereocenters. The molecule has 0 atom stereocenters. The highest BCUT2D eigenvalue weighted by Crippen LogP contribution is 2.28. The third kappa shape index (κ3) is 4.85. The van der Waals surface area contributed by atoms with E-state index in [-0.39, 0.29) is 7.05 Å². The first-order valence-corrected chi connectivity index (χ1v) is 8.85. The number of aliphatic hydroxyl groups is 1. The average Bonchev–Trinajstić information content (AvgIpc) is 2.52. The number of hydrogen-bond acceptors (Lipinski definition) is 4. The monoisotopic (exact) mass is 330 g/mol. The highest BCUT2D eigenvalue weighted by Gasteiger charge is 2.35. The quantitative estimate of drug-likeness (QED) is 0.781. The van der Waals surface area contributed by atoms with Crippen LogP contribution >= 0.6 is 0 Å². The molecule has 1 aromatic carbocycles. The highest BCUT2D eigenvalue weighted by atomic mass is 16.5.